The number of hydrogen-bond donors (Lipinski definition) is 2. The smallest absolute Gasteiger partial charge is 0.317 e. The van der Waals surface area contributed by atoms with Gasteiger partial charge in [0.1, 0.15) is 0 Å². The molecule has 1 aliphatic rings. The van der Waals surface area contributed by atoms with E-state index in [9.17, 15) is 9.59 Å². The molecule has 2 N–H and O–H groups in total. The number of carboxylic acid groups (broad SMARTS) is 1. The van der Waals surface area contributed by atoms with Crippen LogP contribution in [0, 0.1) is 6.92 Å². The topological polar surface area (TPSA) is 72.9 Å². The summed E-state index contributed by atoms with van der Waals surface area (Å²) in [4.78, 5) is 27.3. The summed E-state index contributed by atoms with van der Waals surface area (Å²) in [5, 5.41) is 12.5. The number of likely N-dealkylation sites (N-methyl/N-ethyl adjacent to an activating group) is 1. The van der Waals surface area contributed by atoms with Gasteiger partial charge >= 0.3 is 5.97 Å². The molecule has 138 valence electrons. The molecule has 0 aromatic heterocycles. The van der Waals surface area contributed by atoms with E-state index in [1.54, 1.807) is 12.1 Å². The highest BCUT2D eigenvalue weighted by Gasteiger charge is 2.25. The first-order valence-corrected chi connectivity index (χ1v) is 9.01. The predicted molar refractivity (Wildman–Crippen MR) is 99.2 cm³/mol. The molecule has 0 unspecified atom stereocenters. The van der Waals surface area contributed by atoms with Crippen LogP contribution < -0.4 is 5.32 Å². The van der Waals surface area contributed by atoms with Crippen molar-refractivity contribution in [1.29, 1.82) is 0 Å². The minimum absolute atomic E-state index is 0.0540. The molecule has 0 saturated carbocycles. The fraction of sp³-hybridized carbons (Fsp3) is 0.556. The van der Waals surface area contributed by atoms with E-state index in [4.69, 9.17) is 16.7 Å². The summed E-state index contributed by atoms with van der Waals surface area (Å²) in [6.45, 7) is 6.64. The molecular formula is C18H26ClN3O3. The van der Waals surface area contributed by atoms with Gasteiger partial charge in [0.15, 0.2) is 0 Å². The van der Waals surface area contributed by atoms with Crippen LogP contribution in [0.2, 0.25) is 5.02 Å². The van der Waals surface area contributed by atoms with Crippen LogP contribution in [-0.4, -0.2) is 65.5 Å². The number of rotatable bonds is 7. The Labute approximate surface area is 153 Å². The molecule has 1 aromatic rings. The first-order valence-electron chi connectivity index (χ1n) is 8.63. The Morgan fingerprint density at radius 3 is 2.64 bits per heavy atom. The summed E-state index contributed by atoms with van der Waals surface area (Å²) < 4.78 is 0. The number of carbonyl (C=O) groups excluding carboxylic acids is 1. The number of nitrogens with zero attached hydrogens (tertiary/aromatic N) is 2. The van der Waals surface area contributed by atoms with Crippen molar-refractivity contribution in [2.24, 2.45) is 0 Å². The maximum absolute atomic E-state index is 12.3. The van der Waals surface area contributed by atoms with Crippen LogP contribution in [0.1, 0.15) is 25.3 Å². The van der Waals surface area contributed by atoms with Gasteiger partial charge in [0.25, 0.3) is 0 Å². The number of benzene rings is 1. The zero-order chi connectivity index (χ0) is 18.4. The van der Waals surface area contributed by atoms with Gasteiger partial charge in [-0.15, -0.1) is 0 Å². The SMILES string of the molecule is CCN(CC(=O)O)C1CCN(CC(=O)Nc2cc(Cl)ccc2C)CC1. The number of likely N-dealkylation sites (tertiary alicyclic amines) is 1. The fourth-order valence-electron chi connectivity index (χ4n) is 3.24. The van der Waals surface area contributed by atoms with Crippen molar-refractivity contribution in [3.8, 4) is 0 Å². The number of nitrogens with one attached hydrogen (secondary N) is 1. The first-order chi connectivity index (χ1) is 11.9. The number of carbonyl (C=O) groups is 2. The molecule has 7 heteroatoms. The van der Waals surface area contributed by atoms with Gasteiger partial charge in [0.05, 0.1) is 13.1 Å². The van der Waals surface area contributed by atoms with E-state index < -0.39 is 5.97 Å². The number of hydrogen-bond acceptors (Lipinski definition) is 4. The van der Waals surface area contributed by atoms with Gasteiger partial charge in [0, 0.05) is 29.8 Å². The molecule has 1 saturated heterocycles. The summed E-state index contributed by atoms with van der Waals surface area (Å²) in [7, 11) is 0. The van der Waals surface area contributed by atoms with E-state index in [1.165, 1.54) is 0 Å². The lowest BCUT2D eigenvalue weighted by Gasteiger charge is -2.37. The average Bonchev–Trinajstić information content (AvgIpc) is 2.56. The van der Waals surface area contributed by atoms with Gasteiger partial charge in [0.2, 0.25) is 5.91 Å². The molecule has 25 heavy (non-hydrogen) atoms. The minimum atomic E-state index is -0.791. The lowest BCUT2D eigenvalue weighted by atomic mass is 10.0. The van der Waals surface area contributed by atoms with Crippen LogP contribution in [-0.2, 0) is 9.59 Å². The maximum Gasteiger partial charge on any atom is 0.317 e. The summed E-state index contributed by atoms with van der Waals surface area (Å²) in [6.07, 6.45) is 1.76. The second-order valence-electron chi connectivity index (χ2n) is 6.47. The zero-order valence-electron chi connectivity index (χ0n) is 14.8. The number of amides is 1. The predicted octanol–water partition coefficient (Wildman–Crippen LogP) is 2.46. The highest BCUT2D eigenvalue weighted by atomic mass is 35.5. The summed E-state index contributed by atoms with van der Waals surface area (Å²) >= 11 is 5.98. The van der Waals surface area contributed by atoms with Crippen LogP contribution in [0.15, 0.2) is 18.2 Å². The number of aryl methyl sites for hydroxylation is 1. The van der Waals surface area contributed by atoms with Crippen LogP contribution >= 0.6 is 11.6 Å². The van der Waals surface area contributed by atoms with Crippen molar-refractivity contribution in [1.82, 2.24) is 9.80 Å². The van der Waals surface area contributed by atoms with Crippen molar-refractivity contribution < 1.29 is 14.7 Å². The first kappa shape index (κ1) is 19.7. The van der Waals surface area contributed by atoms with Gasteiger partial charge in [-0.2, -0.15) is 0 Å². The summed E-state index contributed by atoms with van der Waals surface area (Å²) in [5.41, 5.74) is 1.72. The van der Waals surface area contributed by atoms with E-state index in [2.05, 4.69) is 10.2 Å². The second kappa shape index (κ2) is 9.17. The molecule has 0 radical (unpaired) electrons. The second-order valence-corrected chi connectivity index (χ2v) is 6.91. The van der Waals surface area contributed by atoms with Crippen LogP contribution in [0.25, 0.3) is 0 Å². The Bertz CT molecular complexity index is 616. The molecule has 6 nitrogen and oxygen atoms in total. The molecule has 0 atom stereocenters. The van der Waals surface area contributed by atoms with Gasteiger partial charge in [-0.25, -0.2) is 0 Å². The van der Waals surface area contributed by atoms with Crippen LogP contribution in [0.3, 0.4) is 0 Å². The largest absolute Gasteiger partial charge is 0.480 e. The van der Waals surface area contributed by atoms with Crippen LogP contribution in [0.5, 0.6) is 0 Å². The number of aliphatic carboxylic acids is 1. The molecular weight excluding hydrogens is 342 g/mol. The van der Waals surface area contributed by atoms with Crippen molar-refractivity contribution in [2.75, 3.05) is 38.0 Å². The Morgan fingerprint density at radius 2 is 2.04 bits per heavy atom. The third-order valence-corrected chi connectivity index (χ3v) is 4.89. The quantitative estimate of drug-likeness (QED) is 0.774. The van der Waals surface area contributed by atoms with E-state index in [0.29, 0.717) is 11.6 Å². The summed E-state index contributed by atoms with van der Waals surface area (Å²) in [5.74, 6) is -0.845. The molecule has 2 rings (SSSR count). The van der Waals surface area contributed by atoms with Crippen LogP contribution in [0.4, 0.5) is 5.69 Å². The van der Waals surface area contributed by atoms with Crippen molar-refractivity contribution in [2.45, 2.75) is 32.7 Å². The standard InChI is InChI=1S/C18H26ClN3O3/c1-3-22(12-18(24)25)15-6-8-21(9-7-15)11-17(23)20-16-10-14(19)5-4-13(16)2/h4-5,10,15H,3,6-9,11-12H2,1-2H3,(H,20,23)(H,24,25). The van der Waals surface area contributed by atoms with Gasteiger partial charge < -0.3 is 10.4 Å². The monoisotopic (exact) mass is 367 g/mol. The number of carboxylic acids is 1. The lowest BCUT2D eigenvalue weighted by molar-refractivity contribution is -0.139. The number of anilines is 1. The van der Waals surface area contributed by atoms with Crippen molar-refractivity contribution in [3.05, 3.63) is 28.8 Å². The highest BCUT2D eigenvalue weighted by molar-refractivity contribution is 6.31. The van der Waals surface area contributed by atoms with Gasteiger partial charge in [-0.1, -0.05) is 24.6 Å². The van der Waals surface area contributed by atoms with E-state index in [1.807, 2.05) is 24.8 Å². The zero-order valence-corrected chi connectivity index (χ0v) is 15.6. The fourth-order valence-corrected chi connectivity index (χ4v) is 3.41. The molecule has 1 heterocycles. The summed E-state index contributed by atoms with van der Waals surface area (Å²) in [6, 6.07) is 5.71. The Balaban J connectivity index is 1.82. The third kappa shape index (κ3) is 5.99. The Hall–Kier alpha value is -1.63. The molecule has 1 fully saturated rings. The molecule has 0 bridgehead atoms. The minimum Gasteiger partial charge on any atom is -0.480 e. The van der Waals surface area contributed by atoms with E-state index in [-0.39, 0.29) is 18.5 Å². The Morgan fingerprint density at radius 1 is 1.36 bits per heavy atom. The number of piperidine rings is 1. The Kier molecular flexibility index (Phi) is 7.23. The van der Waals surface area contributed by atoms with Crippen molar-refractivity contribution in [3.63, 3.8) is 0 Å². The van der Waals surface area contributed by atoms with Crippen molar-refractivity contribution >= 4 is 29.2 Å². The maximum atomic E-state index is 12.3. The molecule has 1 amide bonds. The van der Waals surface area contributed by atoms with E-state index in [0.717, 1.165) is 43.7 Å². The van der Waals surface area contributed by atoms with Gasteiger partial charge in [-0.05, 0) is 44.0 Å². The molecule has 1 aliphatic heterocycles. The number of halogens is 1. The van der Waals surface area contributed by atoms with E-state index >= 15 is 0 Å². The highest BCUT2D eigenvalue weighted by Crippen LogP contribution is 2.21. The molecule has 0 spiro atoms. The van der Waals surface area contributed by atoms with Gasteiger partial charge in [-0.3, -0.25) is 19.4 Å². The molecule has 0 aliphatic carbocycles. The molecule has 1 aromatic carbocycles. The normalized spacial score (nSPS) is 16.2. The third-order valence-electron chi connectivity index (χ3n) is 4.66. The average molecular weight is 368 g/mol. The lowest BCUT2D eigenvalue weighted by Crippen LogP contribution is -2.48.